The van der Waals surface area contributed by atoms with Crippen molar-refractivity contribution in [3.8, 4) is 0 Å². The molecule has 2 unspecified atom stereocenters. The van der Waals surface area contributed by atoms with Gasteiger partial charge in [0.15, 0.2) is 0 Å². The summed E-state index contributed by atoms with van der Waals surface area (Å²) in [6.45, 7) is 4.14. The van der Waals surface area contributed by atoms with Gasteiger partial charge in [0, 0.05) is 18.2 Å². The summed E-state index contributed by atoms with van der Waals surface area (Å²) in [5, 5.41) is 6.29. The molecule has 0 radical (unpaired) electrons. The first-order chi connectivity index (χ1) is 11.6. The second-order valence-electron chi connectivity index (χ2n) is 6.98. The summed E-state index contributed by atoms with van der Waals surface area (Å²) in [5.74, 6) is 0.647. The van der Waals surface area contributed by atoms with Gasteiger partial charge in [-0.05, 0) is 63.7 Å². The molecule has 2 atom stereocenters. The normalized spacial score (nSPS) is 25.0. The molecule has 2 aliphatic heterocycles. The Morgan fingerprint density at radius 2 is 1.96 bits per heavy atom. The number of anilines is 1. The molecule has 0 aliphatic carbocycles. The third-order valence-electron chi connectivity index (χ3n) is 5.16. The Labute approximate surface area is 143 Å². The van der Waals surface area contributed by atoms with Crippen molar-refractivity contribution in [3.63, 3.8) is 0 Å². The molecule has 3 rings (SSSR count). The molecule has 2 saturated heterocycles. The minimum absolute atomic E-state index is 0.00363. The van der Waals surface area contributed by atoms with Gasteiger partial charge in [-0.2, -0.15) is 0 Å². The third kappa shape index (κ3) is 3.96. The van der Waals surface area contributed by atoms with E-state index in [1.807, 2.05) is 37.3 Å². The second-order valence-corrected chi connectivity index (χ2v) is 6.98. The molecule has 1 aromatic rings. The van der Waals surface area contributed by atoms with Gasteiger partial charge in [-0.25, -0.2) is 0 Å². The first-order valence-corrected chi connectivity index (χ1v) is 9.03. The molecule has 2 amide bonds. The fraction of sp³-hybridized carbons (Fsp3) is 0.579. The number of amides is 2. The van der Waals surface area contributed by atoms with Crippen LogP contribution in [0.1, 0.15) is 39.0 Å². The number of piperidine rings is 1. The summed E-state index contributed by atoms with van der Waals surface area (Å²) >= 11 is 0. The van der Waals surface area contributed by atoms with Crippen LogP contribution >= 0.6 is 0 Å². The Bertz CT molecular complexity index is 569. The molecule has 24 heavy (non-hydrogen) atoms. The summed E-state index contributed by atoms with van der Waals surface area (Å²) in [6, 6.07) is 9.40. The van der Waals surface area contributed by atoms with Crippen molar-refractivity contribution in [2.45, 2.75) is 51.1 Å². The number of rotatable bonds is 5. The number of hydrogen-bond acceptors (Lipinski definition) is 3. The van der Waals surface area contributed by atoms with Crippen molar-refractivity contribution in [2.24, 2.45) is 5.92 Å². The topological polar surface area (TPSA) is 61.4 Å². The van der Waals surface area contributed by atoms with Crippen molar-refractivity contribution >= 4 is 17.5 Å². The molecule has 0 saturated carbocycles. The van der Waals surface area contributed by atoms with Crippen molar-refractivity contribution in [1.82, 2.24) is 10.6 Å². The smallest absolute Gasteiger partial charge is 0.249 e. The van der Waals surface area contributed by atoms with Crippen molar-refractivity contribution in [1.29, 1.82) is 0 Å². The van der Waals surface area contributed by atoms with Crippen LogP contribution in [-0.4, -0.2) is 37.0 Å². The number of benzene rings is 1. The first-order valence-electron chi connectivity index (χ1n) is 9.03. The zero-order valence-electron chi connectivity index (χ0n) is 14.3. The lowest BCUT2D eigenvalue weighted by molar-refractivity contribution is -0.126. The zero-order chi connectivity index (χ0) is 16.9. The summed E-state index contributed by atoms with van der Waals surface area (Å²) < 4.78 is 0. The highest BCUT2D eigenvalue weighted by Gasteiger charge is 2.38. The second kappa shape index (κ2) is 7.79. The van der Waals surface area contributed by atoms with E-state index in [-0.39, 0.29) is 23.9 Å². The lowest BCUT2D eigenvalue weighted by atomic mass is 9.93. The van der Waals surface area contributed by atoms with Crippen LogP contribution in [0.15, 0.2) is 30.3 Å². The molecule has 0 spiro atoms. The summed E-state index contributed by atoms with van der Waals surface area (Å²) in [5.41, 5.74) is 0.904. The molecule has 2 fully saturated rings. The van der Waals surface area contributed by atoms with Crippen LogP contribution in [0.5, 0.6) is 0 Å². The number of hydrogen-bond donors (Lipinski definition) is 2. The Kier molecular flexibility index (Phi) is 5.51. The lowest BCUT2D eigenvalue weighted by Crippen LogP contribution is -2.42. The highest BCUT2D eigenvalue weighted by Crippen LogP contribution is 2.26. The van der Waals surface area contributed by atoms with E-state index >= 15 is 0 Å². The van der Waals surface area contributed by atoms with Gasteiger partial charge in [0.1, 0.15) is 6.04 Å². The fourth-order valence-electron chi connectivity index (χ4n) is 3.80. The Balaban J connectivity index is 1.52. The van der Waals surface area contributed by atoms with Crippen molar-refractivity contribution in [2.75, 3.05) is 18.0 Å². The van der Waals surface area contributed by atoms with E-state index in [0.29, 0.717) is 18.8 Å². The molecular formula is C19H27N3O2. The fourth-order valence-corrected chi connectivity index (χ4v) is 3.80. The predicted molar refractivity (Wildman–Crippen MR) is 94.8 cm³/mol. The molecule has 0 bridgehead atoms. The van der Waals surface area contributed by atoms with Crippen molar-refractivity contribution in [3.05, 3.63) is 30.3 Å². The van der Waals surface area contributed by atoms with Crippen LogP contribution in [-0.2, 0) is 9.59 Å². The maximum Gasteiger partial charge on any atom is 0.249 e. The minimum Gasteiger partial charge on any atom is -0.344 e. The standard InChI is InChI=1S/C19H27N3O2/c1-14-13-17(19(24)22(14)16-5-3-2-4-6-16)21-18(23)8-7-15-9-11-20-12-10-15/h2-6,14-15,17,20H,7-13H2,1H3,(H,21,23). The number of carbonyl (C=O) groups is 2. The Morgan fingerprint density at radius 1 is 1.25 bits per heavy atom. The molecule has 2 N–H and O–H groups in total. The van der Waals surface area contributed by atoms with E-state index in [0.717, 1.165) is 38.0 Å². The van der Waals surface area contributed by atoms with Crippen LogP contribution in [0.4, 0.5) is 5.69 Å². The van der Waals surface area contributed by atoms with E-state index in [2.05, 4.69) is 10.6 Å². The predicted octanol–water partition coefficient (Wildman–Crippen LogP) is 2.08. The van der Waals surface area contributed by atoms with Crippen molar-refractivity contribution < 1.29 is 9.59 Å². The van der Waals surface area contributed by atoms with E-state index in [4.69, 9.17) is 0 Å². The molecule has 5 nitrogen and oxygen atoms in total. The average Bonchev–Trinajstić information content (AvgIpc) is 2.88. The highest BCUT2D eigenvalue weighted by molar-refractivity contribution is 6.01. The lowest BCUT2D eigenvalue weighted by Gasteiger charge is -2.22. The van der Waals surface area contributed by atoms with E-state index < -0.39 is 0 Å². The molecular weight excluding hydrogens is 302 g/mol. The molecule has 2 aliphatic rings. The SMILES string of the molecule is CC1CC(NC(=O)CCC2CCNCC2)C(=O)N1c1ccccc1. The summed E-state index contributed by atoms with van der Waals surface area (Å²) in [4.78, 5) is 26.7. The van der Waals surface area contributed by atoms with Crippen LogP contribution in [0, 0.1) is 5.92 Å². The summed E-state index contributed by atoms with van der Waals surface area (Å²) in [6.07, 6.45) is 4.41. The largest absolute Gasteiger partial charge is 0.344 e. The number of nitrogens with one attached hydrogen (secondary N) is 2. The van der Waals surface area contributed by atoms with Crippen LogP contribution < -0.4 is 15.5 Å². The molecule has 1 aromatic carbocycles. The number of nitrogens with zero attached hydrogens (tertiary/aromatic N) is 1. The van der Waals surface area contributed by atoms with E-state index in [1.54, 1.807) is 4.90 Å². The first kappa shape index (κ1) is 17.0. The minimum atomic E-state index is -0.388. The molecule has 5 heteroatoms. The van der Waals surface area contributed by atoms with E-state index in [9.17, 15) is 9.59 Å². The quantitative estimate of drug-likeness (QED) is 0.869. The van der Waals surface area contributed by atoms with Gasteiger partial charge < -0.3 is 15.5 Å². The zero-order valence-corrected chi connectivity index (χ0v) is 14.3. The maximum absolute atomic E-state index is 12.7. The Morgan fingerprint density at radius 3 is 2.67 bits per heavy atom. The van der Waals surface area contributed by atoms with Gasteiger partial charge in [-0.3, -0.25) is 9.59 Å². The van der Waals surface area contributed by atoms with Gasteiger partial charge in [-0.1, -0.05) is 18.2 Å². The highest BCUT2D eigenvalue weighted by atomic mass is 16.2. The van der Waals surface area contributed by atoms with Gasteiger partial charge in [0.05, 0.1) is 0 Å². The van der Waals surface area contributed by atoms with Gasteiger partial charge in [0.2, 0.25) is 11.8 Å². The van der Waals surface area contributed by atoms with E-state index in [1.165, 1.54) is 0 Å². The molecule has 130 valence electrons. The Hall–Kier alpha value is -1.88. The van der Waals surface area contributed by atoms with Crippen LogP contribution in [0.3, 0.4) is 0 Å². The maximum atomic E-state index is 12.7. The number of para-hydroxylation sites is 1. The van der Waals surface area contributed by atoms with Gasteiger partial charge >= 0.3 is 0 Å². The van der Waals surface area contributed by atoms with Gasteiger partial charge in [-0.15, -0.1) is 0 Å². The third-order valence-corrected chi connectivity index (χ3v) is 5.16. The average molecular weight is 329 g/mol. The monoisotopic (exact) mass is 329 g/mol. The van der Waals surface area contributed by atoms with Crippen LogP contribution in [0.25, 0.3) is 0 Å². The van der Waals surface area contributed by atoms with Gasteiger partial charge in [0.25, 0.3) is 0 Å². The van der Waals surface area contributed by atoms with Crippen LogP contribution in [0.2, 0.25) is 0 Å². The molecule has 0 aromatic heterocycles. The number of carbonyl (C=O) groups excluding carboxylic acids is 2. The molecule has 2 heterocycles. The summed E-state index contributed by atoms with van der Waals surface area (Å²) in [7, 11) is 0.